The van der Waals surface area contributed by atoms with Crippen LogP contribution in [0.4, 0.5) is 5.69 Å². The molecule has 3 aromatic rings. The van der Waals surface area contributed by atoms with Crippen LogP contribution < -0.4 is 15.2 Å². The molecule has 2 aromatic carbocycles. The van der Waals surface area contributed by atoms with Gasteiger partial charge in [0, 0.05) is 42.8 Å². The van der Waals surface area contributed by atoms with Crippen molar-refractivity contribution in [3.63, 3.8) is 0 Å². The number of methoxy groups -OCH3 is 1. The van der Waals surface area contributed by atoms with Crippen LogP contribution in [0.1, 0.15) is 0 Å². The van der Waals surface area contributed by atoms with Gasteiger partial charge in [0.1, 0.15) is 12.3 Å². The monoisotopic (exact) mass is 438 g/mol. The summed E-state index contributed by atoms with van der Waals surface area (Å²) in [7, 11) is 1.66. The summed E-state index contributed by atoms with van der Waals surface area (Å²) in [6.07, 6.45) is 1.43. The molecule has 0 atom stereocenters. The SMILES string of the molecule is COc1ccccc1N1CCN(C(=O)Cn2cnc(-c3ccc(Cl)cc3)cc2=O)CC1. The molecule has 8 heteroatoms. The van der Waals surface area contributed by atoms with Crippen LogP contribution in [-0.2, 0) is 11.3 Å². The van der Waals surface area contributed by atoms with E-state index in [1.807, 2.05) is 24.3 Å². The molecule has 160 valence electrons. The van der Waals surface area contributed by atoms with E-state index in [1.165, 1.54) is 17.0 Å². The van der Waals surface area contributed by atoms with E-state index in [4.69, 9.17) is 16.3 Å². The molecule has 1 aromatic heterocycles. The molecule has 4 rings (SSSR count). The molecule has 1 aliphatic rings. The number of amides is 1. The highest BCUT2D eigenvalue weighted by Gasteiger charge is 2.23. The molecule has 0 saturated carbocycles. The summed E-state index contributed by atoms with van der Waals surface area (Å²) in [5, 5.41) is 0.619. The lowest BCUT2D eigenvalue weighted by atomic mass is 10.1. The molecule has 0 unspecified atom stereocenters. The number of carbonyl (C=O) groups is 1. The third-order valence-electron chi connectivity index (χ3n) is 5.38. The topological polar surface area (TPSA) is 67.7 Å². The van der Waals surface area contributed by atoms with Gasteiger partial charge in [-0.2, -0.15) is 0 Å². The molecule has 1 saturated heterocycles. The van der Waals surface area contributed by atoms with Crippen LogP contribution in [0.15, 0.2) is 65.7 Å². The molecule has 2 heterocycles. The third-order valence-corrected chi connectivity index (χ3v) is 5.64. The summed E-state index contributed by atoms with van der Waals surface area (Å²) in [5.41, 5.74) is 2.11. The highest BCUT2D eigenvalue weighted by Crippen LogP contribution is 2.28. The zero-order chi connectivity index (χ0) is 21.8. The van der Waals surface area contributed by atoms with Gasteiger partial charge in [-0.05, 0) is 24.3 Å². The number of rotatable bonds is 5. The molecule has 1 aliphatic heterocycles. The Bertz CT molecular complexity index is 1120. The number of anilines is 1. The summed E-state index contributed by atoms with van der Waals surface area (Å²) < 4.78 is 6.78. The maximum Gasteiger partial charge on any atom is 0.254 e. The lowest BCUT2D eigenvalue weighted by Crippen LogP contribution is -2.50. The molecule has 0 bridgehead atoms. The molecule has 1 fully saturated rings. The van der Waals surface area contributed by atoms with Crippen LogP contribution in [0.5, 0.6) is 5.75 Å². The first-order valence-corrected chi connectivity index (χ1v) is 10.4. The van der Waals surface area contributed by atoms with E-state index in [2.05, 4.69) is 9.88 Å². The summed E-state index contributed by atoms with van der Waals surface area (Å²) >= 11 is 5.91. The van der Waals surface area contributed by atoms with Gasteiger partial charge in [-0.15, -0.1) is 0 Å². The predicted molar refractivity (Wildman–Crippen MR) is 121 cm³/mol. The molecular weight excluding hydrogens is 416 g/mol. The Kier molecular flexibility index (Phi) is 6.23. The Labute approximate surface area is 185 Å². The van der Waals surface area contributed by atoms with Crippen molar-refractivity contribution in [3.8, 4) is 17.0 Å². The number of carbonyl (C=O) groups excluding carboxylic acids is 1. The average molecular weight is 439 g/mol. The standard InChI is InChI=1S/C23H23ClN4O3/c1-31-21-5-3-2-4-20(21)26-10-12-27(13-11-26)23(30)15-28-16-25-19(14-22(28)29)17-6-8-18(24)9-7-17/h2-9,14,16H,10-13,15H2,1H3. The van der Waals surface area contributed by atoms with Crippen molar-refractivity contribution in [3.05, 3.63) is 76.3 Å². The Morgan fingerprint density at radius 3 is 2.45 bits per heavy atom. The summed E-state index contributed by atoms with van der Waals surface area (Å²) in [6.45, 7) is 2.55. The van der Waals surface area contributed by atoms with Crippen LogP contribution >= 0.6 is 11.6 Å². The van der Waals surface area contributed by atoms with Crippen LogP contribution in [0.2, 0.25) is 5.02 Å². The van der Waals surface area contributed by atoms with E-state index in [0.29, 0.717) is 36.9 Å². The number of benzene rings is 2. The number of hydrogen-bond acceptors (Lipinski definition) is 5. The van der Waals surface area contributed by atoms with E-state index >= 15 is 0 Å². The summed E-state index contributed by atoms with van der Waals surface area (Å²) in [4.78, 5) is 33.6. The number of halogens is 1. The van der Waals surface area contributed by atoms with Crippen molar-refractivity contribution < 1.29 is 9.53 Å². The number of nitrogens with zero attached hydrogens (tertiary/aromatic N) is 4. The van der Waals surface area contributed by atoms with Gasteiger partial charge in [0.25, 0.3) is 5.56 Å². The van der Waals surface area contributed by atoms with E-state index in [9.17, 15) is 9.59 Å². The molecule has 0 radical (unpaired) electrons. The fraction of sp³-hybridized carbons (Fsp3) is 0.261. The zero-order valence-electron chi connectivity index (χ0n) is 17.2. The lowest BCUT2D eigenvalue weighted by molar-refractivity contribution is -0.132. The quantitative estimate of drug-likeness (QED) is 0.612. The van der Waals surface area contributed by atoms with Gasteiger partial charge in [0.15, 0.2) is 0 Å². The number of aromatic nitrogens is 2. The molecule has 1 amide bonds. The van der Waals surface area contributed by atoms with E-state index in [1.54, 1.807) is 36.3 Å². The molecular formula is C23H23ClN4O3. The van der Waals surface area contributed by atoms with Gasteiger partial charge in [-0.1, -0.05) is 35.9 Å². The molecule has 0 aliphatic carbocycles. The minimum absolute atomic E-state index is 0.0264. The van der Waals surface area contributed by atoms with E-state index in [0.717, 1.165) is 17.0 Å². The van der Waals surface area contributed by atoms with Crippen LogP contribution in [0.25, 0.3) is 11.3 Å². The van der Waals surface area contributed by atoms with Crippen molar-refractivity contribution >= 4 is 23.2 Å². The molecule has 0 spiro atoms. The molecule has 0 N–H and O–H groups in total. The minimum atomic E-state index is -0.263. The first kappa shape index (κ1) is 20.9. The second-order valence-corrected chi connectivity index (χ2v) is 7.72. The lowest BCUT2D eigenvalue weighted by Gasteiger charge is -2.36. The Morgan fingerprint density at radius 1 is 1.06 bits per heavy atom. The van der Waals surface area contributed by atoms with Gasteiger partial charge in [-0.25, -0.2) is 4.98 Å². The second kappa shape index (κ2) is 9.22. The smallest absolute Gasteiger partial charge is 0.254 e. The highest BCUT2D eigenvalue weighted by molar-refractivity contribution is 6.30. The average Bonchev–Trinajstić information content (AvgIpc) is 2.81. The van der Waals surface area contributed by atoms with Gasteiger partial charge in [-0.3, -0.25) is 14.2 Å². The first-order valence-electron chi connectivity index (χ1n) is 10.0. The maximum absolute atomic E-state index is 12.8. The normalized spacial score (nSPS) is 13.9. The fourth-order valence-electron chi connectivity index (χ4n) is 3.66. The highest BCUT2D eigenvalue weighted by atomic mass is 35.5. The third kappa shape index (κ3) is 4.72. The summed E-state index contributed by atoms with van der Waals surface area (Å²) in [5.74, 6) is 0.725. The molecule has 31 heavy (non-hydrogen) atoms. The molecule has 7 nitrogen and oxygen atoms in total. The van der Waals surface area contributed by atoms with Crippen molar-refractivity contribution in [2.24, 2.45) is 0 Å². The fourth-order valence-corrected chi connectivity index (χ4v) is 3.78. The first-order chi connectivity index (χ1) is 15.0. The van der Waals surface area contributed by atoms with E-state index in [-0.39, 0.29) is 18.0 Å². The summed E-state index contributed by atoms with van der Waals surface area (Å²) in [6, 6.07) is 16.4. The number of piperazine rings is 1. The van der Waals surface area contributed by atoms with Crippen molar-refractivity contribution in [1.29, 1.82) is 0 Å². The number of para-hydroxylation sites is 2. The van der Waals surface area contributed by atoms with Crippen molar-refractivity contribution in [2.45, 2.75) is 6.54 Å². The largest absolute Gasteiger partial charge is 0.495 e. The van der Waals surface area contributed by atoms with Gasteiger partial charge in [0.05, 0.1) is 24.8 Å². The predicted octanol–water partition coefficient (Wildman–Crippen LogP) is 2.92. The minimum Gasteiger partial charge on any atom is -0.495 e. The Hall–Kier alpha value is -3.32. The number of hydrogen-bond donors (Lipinski definition) is 0. The maximum atomic E-state index is 12.8. The van der Waals surface area contributed by atoms with Crippen LogP contribution in [0.3, 0.4) is 0 Å². The van der Waals surface area contributed by atoms with Crippen molar-refractivity contribution in [2.75, 3.05) is 38.2 Å². The van der Waals surface area contributed by atoms with Crippen LogP contribution in [-0.4, -0.2) is 53.6 Å². The van der Waals surface area contributed by atoms with Gasteiger partial charge >= 0.3 is 0 Å². The van der Waals surface area contributed by atoms with Gasteiger partial charge < -0.3 is 14.5 Å². The van der Waals surface area contributed by atoms with Crippen LogP contribution in [0, 0.1) is 0 Å². The van der Waals surface area contributed by atoms with E-state index < -0.39 is 0 Å². The number of ether oxygens (including phenoxy) is 1. The Morgan fingerprint density at radius 2 is 1.77 bits per heavy atom. The Balaban J connectivity index is 1.39. The van der Waals surface area contributed by atoms with Crippen molar-refractivity contribution in [1.82, 2.24) is 14.5 Å². The second-order valence-electron chi connectivity index (χ2n) is 7.29. The zero-order valence-corrected chi connectivity index (χ0v) is 18.0. The van der Waals surface area contributed by atoms with Gasteiger partial charge in [0.2, 0.25) is 5.91 Å².